The molecule has 0 bridgehead atoms. The maximum absolute atomic E-state index is 5.45. The molecule has 0 unspecified atom stereocenters. The van der Waals surface area contributed by atoms with Crippen LogP contribution in [0.2, 0.25) is 0 Å². The summed E-state index contributed by atoms with van der Waals surface area (Å²) in [6.07, 6.45) is 0. The molecule has 3 nitrogen and oxygen atoms in total. The lowest BCUT2D eigenvalue weighted by Gasteiger charge is -2.08. The van der Waals surface area contributed by atoms with E-state index in [0.29, 0.717) is 6.61 Å². The quantitative estimate of drug-likeness (QED) is 0.637. The fourth-order valence-electron chi connectivity index (χ4n) is 2.07. The van der Waals surface area contributed by atoms with Gasteiger partial charge >= 0.3 is 0 Å². The lowest BCUT2D eigenvalue weighted by molar-refractivity contribution is 0.128. The van der Waals surface area contributed by atoms with E-state index in [9.17, 15) is 0 Å². The molecule has 4 heteroatoms. The van der Waals surface area contributed by atoms with E-state index in [0.717, 1.165) is 23.5 Å². The van der Waals surface area contributed by atoms with Gasteiger partial charge in [-0.05, 0) is 11.1 Å². The van der Waals surface area contributed by atoms with Crippen molar-refractivity contribution in [2.75, 3.05) is 0 Å². The zero-order chi connectivity index (χ0) is 13.1. The fourth-order valence-corrected chi connectivity index (χ4v) is 2.59. The molecule has 0 radical (unpaired) electrons. The summed E-state index contributed by atoms with van der Waals surface area (Å²) in [4.78, 5) is 5.45. The monoisotopic (exact) mass is 316 g/mol. The largest absolute Gasteiger partial charge is 0.389 e. The highest BCUT2D eigenvalue weighted by molar-refractivity contribution is 9.07. The van der Waals surface area contributed by atoms with Crippen LogP contribution in [-0.2, 0) is 18.0 Å². The molecule has 3 rings (SSSR count). The minimum atomic E-state index is 0.480. The van der Waals surface area contributed by atoms with E-state index in [-0.39, 0.29) is 0 Å². The molecule has 0 spiro atoms. The van der Waals surface area contributed by atoms with Gasteiger partial charge < -0.3 is 4.84 Å². The number of benzene rings is 2. The van der Waals surface area contributed by atoms with E-state index >= 15 is 0 Å². The minimum absolute atomic E-state index is 0.480. The summed E-state index contributed by atoms with van der Waals surface area (Å²) >= 11 is 3.49. The van der Waals surface area contributed by atoms with Crippen LogP contribution < -0.4 is 0 Å². The van der Waals surface area contributed by atoms with Gasteiger partial charge in [-0.15, -0.1) is 0 Å². The van der Waals surface area contributed by atoms with Crippen LogP contribution in [0.5, 0.6) is 0 Å². The summed E-state index contributed by atoms with van der Waals surface area (Å²) < 4.78 is 1.92. The Morgan fingerprint density at radius 1 is 1.05 bits per heavy atom. The second-order valence-corrected chi connectivity index (χ2v) is 5.21. The van der Waals surface area contributed by atoms with E-state index in [2.05, 4.69) is 33.4 Å². The standard InChI is InChI=1S/C15H13BrN2O/c16-18-10-13-8-4-5-9-14(13)15(18)17-19-11-12-6-2-1-3-7-12/h1-9H,10-11H2. The molecule has 2 aromatic rings. The Morgan fingerprint density at radius 3 is 2.63 bits per heavy atom. The number of hydrogen-bond donors (Lipinski definition) is 0. The van der Waals surface area contributed by atoms with Gasteiger partial charge in [-0.1, -0.05) is 59.8 Å². The molecule has 0 amide bonds. The van der Waals surface area contributed by atoms with E-state index < -0.39 is 0 Å². The minimum Gasteiger partial charge on any atom is -0.389 e. The summed E-state index contributed by atoms with van der Waals surface area (Å²) in [5.41, 5.74) is 3.48. The van der Waals surface area contributed by atoms with Gasteiger partial charge in [0.2, 0.25) is 0 Å². The lowest BCUT2D eigenvalue weighted by atomic mass is 10.1. The second kappa shape index (κ2) is 5.45. The van der Waals surface area contributed by atoms with Crippen molar-refractivity contribution in [1.82, 2.24) is 3.93 Å². The highest BCUT2D eigenvalue weighted by Gasteiger charge is 2.23. The first-order valence-corrected chi connectivity index (χ1v) is 6.81. The number of fused-ring (bicyclic) bond motifs is 1. The van der Waals surface area contributed by atoms with Crippen LogP contribution in [0, 0.1) is 0 Å². The molecular weight excluding hydrogens is 304 g/mol. The molecule has 0 fully saturated rings. The summed E-state index contributed by atoms with van der Waals surface area (Å²) in [6.45, 7) is 1.29. The van der Waals surface area contributed by atoms with Crippen LogP contribution in [0.15, 0.2) is 59.8 Å². The first-order valence-electron chi connectivity index (χ1n) is 6.10. The Labute approximate surface area is 120 Å². The molecule has 1 aliphatic heterocycles. The Hall–Kier alpha value is -1.81. The van der Waals surface area contributed by atoms with Gasteiger partial charge in [-0.2, -0.15) is 0 Å². The lowest BCUT2D eigenvalue weighted by Crippen LogP contribution is -2.13. The number of oxime groups is 1. The molecule has 2 aromatic carbocycles. The number of amidine groups is 1. The Morgan fingerprint density at radius 2 is 1.79 bits per heavy atom. The number of halogens is 1. The molecule has 0 saturated carbocycles. The van der Waals surface area contributed by atoms with E-state index in [4.69, 9.17) is 4.84 Å². The summed E-state index contributed by atoms with van der Waals surface area (Å²) in [5, 5.41) is 4.24. The van der Waals surface area contributed by atoms with Crippen molar-refractivity contribution < 1.29 is 4.84 Å². The molecule has 0 aromatic heterocycles. The zero-order valence-corrected chi connectivity index (χ0v) is 11.9. The normalized spacial score (nSPS) is 15.6. The van der Waals surface area contributed by atoms with Gasteiger partial charge in [0.25, 0.3) is 0 Å². The average molecular weight is 317 g/mol. The van der Waals surface area contributed by atoms with Crippen LogP contribution in [0.4, 0.5) is 0 Å². The van der Waals surface area contributed by atoms with Gasteiger partial charge in [-0.25, -0.2) is 0 Å². The van der Waals surface area contributed by atoms with Gasteiger partial charge in [0, 0.05) is 5.56 Å². The van der Waals surface area contributed by atoms with Gasteiger partial charge in [-0.3, -0.25) is 3.93 Å². The van der Waals surface area contributed by atoms with Crippen LogP contribution >= 0.6 is 16.1 Å². The number of rotatable bonds is 3. The summed E-state index contributed by atoms with van der Waals surface area (Å²) in [6, 6.07) is 18.2. The Balaban J connectivity index is 1.74. The van der Waals surface area contributed by atoms with Gasteiger partial charge in [0.05, 0.1) is 22.7 Å². The smallest absolute Gasteiger partial charge is 0.186 e. The molecule has 19 heavy (non-hydrogen) atoms. The average Bonchev–Trinajstić information content (AvgIpc) is 2.76. The highest BCUT2D eigenvalue weighted by atomic mass is 79.9. The first-order chi connectivity index (χ1) is 9.34. The van der Waals surface area contributed by atoms with E-state index in [1.54, 1.807) is 0 Å². The number of hydrogen-bond acceptors (Lipinski definition) is 2. The van der Waals surface area contributed by atoms with Crippen LogP contribution in [0.25, 0.3) is 0 Å². The molecule has 0 N–H and O–H groups in total. The molecule has 1 aliphatic rings. The molecule has 0 saturated heterocycles. The third kappa shape index (κ3) is 2.63. The van der Waals surface area contributed by atoms with Gasteiger partial charge in [0.1, 0.15) is 6.61 Å². The molecule has 0 atom stereocenters. The third-order valence-electron chi connectivity index (χ3n) is 3.02. The topological polar surface area (TPSA) is 24.8 Å². The van der Waals surface area contributed by atoms with Crippen LogP contribution in [-0.4, -0.2) is 9.76 Å². The zero-order valence-electron chi connectivity index (χ0n) is 10.3. The second-order valence-electron chi connectivity index (χ2n) is 4.35. The van der Waals surface area contributed by atoms with Crippen LogP contribution in [0.1, 0.15) is 16.7 Å². The maximum atomic E-state index is 5.45. The van der Waals surface area contributed by atoms with Gasteiger partial charge in [0.15, 0.2) is 5.84 Å². The first kappa shape index (κ1) is 12.2. The molecule has 0 aliphatic carbocycles. The van der Waals surface area contributed by atoms with Crippen molar-refractivity contribution in [2.45, 2.75) is 13.2 Å². The van der Waals surface area contributed by atoms with E-state index in [1.807, 2.05) is 46.4 Å². The fraction of sp³-hybridized carbons (Fsp3) is 0.133. The van der Waals surface area contributed by atoms with Crippen molar-refractivity contribution in [3.05, 3.63) is 71.3 Å². The predicted octanol–water partition coefficient (Wildman–Crippen LogP) is 3.69. The maximum Gasteiger partial charge on any atom is 0.186 e. The van der Waals surface area contributed by atoms with Crippen molar-refractivity contribution in [1.29, 1.82) is 0 Å². The van der Waals surface area contributed by atoms with Crippen molar-refractivity contribution >= 4 is 22.0 Å². The molecule has 1 heterocycles. The number of nitrogens with zero attached hydrogens (tertiary/aromatic N) is 2. The summed E-state index contributed by atoms with van der Waals surface area (Å²) in [5.74, 6) is 0.825. The SMILES string of the molecule is BrN1Cc2ccccc2C1=NOCc1ccccc1. The third-order valence-corrected chi connectivity index (χ3v) is 3.61. The van der Waals surface area contributed by atoms with Crippen molar-refractivity contribution in [2.24, 2.45) is 5.16 Å². The highest BCUT2D eigenvalue weighted by Crippen LogP contribution is 2.25. The van der Waals surface area contributed by atoms with E-state index in [1.165, 1.54) is 5.56 Å². The Bertz CT molecular complexity index is 598. The molecular formula is C15H13BrN2O. The van der Waals surface area contributed by atoms with Crippen molar-refractivity contribution in [3.8, 4) is 0 Å². The Kier molecular flexibility index (Phi) is 3.51. The van der Waals surface area contributed by atoms with Crippen molar-refractivity contribution in [3.63, 3.8) is 0 Å². The predicted molar refractivity (Wildman–Crippen MR) is 78.7 cm³/mol. The van der Waals surface area contributed by atoms with Crippen LogP contribution in [0.3, 0.4) is 0 Å². The summed E-state index contributed by atoms with van der Waals surface area (Å²) in [7, 11) is 0. The molecule has 96 valence electrons.